The van der Waals surface area contributed by atoms with Crippen molar-refractivity contribution >= 4 is 35.7 Å². The summed E-state index contributed by atoms with van der Waals surface area (Å²) in [6.07, 6.45) is 2.05. The second kappa shape index (κ2) is 5.63. The summed E-state index contributed by atoms with van der Waals surface area (Å²) in [5.74, 6) is 0. The highest BCUT2D eigenvalue weighted by Crippen LogP contribution is 2.34. The SMILES string of the molecule is CC[Si](CC)(CC)c1ccc(C2NC=CS2)s1. The summed E-state index contributed by atoms with van der Waals surface area (Å²) in [6, 6.07) is 8.88. The number of hydrogen-bond acceptors (Lipinski definition) is 3. The number of thioether (sulfide) groups is 1. The molecule has 0 fully saturated rings. The van der Waals surface area contributed by atoms with Gasteiger partial charge in [0, 0.05) is 11.1 Å². The van der Waals surface area contributed by atoms with Crippen molar-refractivity contribution in [2.45, 2.75) is 44.3 Å². The van der Waals surface area contributed by atoms with Crippen LogP contribution >= 0.6 is 23.1 Å². The van der Waals surface area contributed by atoms with Crippen molar-refractivity contribution < 1.29 is 0 Å². The average Bonchev–Trinajstić information content (AvgIpc) is 3.03. The second-order valence-corrected chi connectivity index (χ2v) is 12.2. The Kier molecular flexibility index (Phi) is 4.39. The standard InChI is InChI=1S/C13H21NS2Si/c1-4-17(5-2,6-3)12-8-7-11(16-12)13-14-9-10-15-13/h7-10,13-14H,4-6H2,1-3H3. The fourth-order valence-electron chi connectivity index (χ4n) is 2.48. The van der Waals surface area contributed by atoms with E-state index in [-0.39, 0.29) is 0 Å². The molecule has 0 spiro atoms. The van der Waals surface area contributed by atoms with Crippen molar-refractivity contribution in [3.8, 4) is 0 Å². The molecule has 1 aromatic heterocycles. The summed E-state index contributed by atoms with van der Waals surface area (Å²) in [4.78, 5) is 1.49. The molecule has 0 saturated carbocycles. The molecule has 4 heteroatoms. The largest absolute Gasteiger partial charge is 0.374 e. The molecule has 1 aliphatic rings. The third-order valence-electron chi connectivity index (χ3n) is 3.97. The van der Waals surface area contributed by atoms with E-state index in [1.54, 1.807) is 4.50 Å². The Morgan fingerprint density at radius 1 is 1.18 bits per heavy atom. The molecular weight excluding hydrogens is 262 g/mol. The topological polar surface area (TPSA) is 12.0 Å². The maximum absolute atomic E-state index is 3.40. The van der Waals surface area contributed by atoms with E-state index >= 15 is 0 Å². The average molecular weight is 284 g/mol. The summed E-state index contributed by atoms with van der Waals surface area (Å²) < 4.78 is 1.70. The zero-order chi connectivity index (χ0) is 12.3. The van der Waals surface area contributed by atoms with Gasteiger partial charge in [0.2, 0.25) is 0 Å². The van der Waals surface area contributed by atoms with Crippen molar-refractivity contribution in [2.75, 3.05) is 0 Å². The molecule has 0 amide bonds. The van der Waals surface area contributed by atoms with Gasteiger partial charge in [-0.2, -0.15) is 0 Å². The van der Waals surface area contributed by atoms with E-state index in [9.17, 15) is 0 Å². The summed E-state index contributed by atoms with van der Waals surface area (Å²) in [6.45, 7) is 7.13. The molecule has 94 valence electrons. The molecule has 1 aromatic rings. The number of nitrogens with one attached hydrogen (secondary N) is 1. The molecule has 0 aliphatic carbocycles. The minimum atomic E-state index is -1.16. The second-order valence-electron chi connectivity index (χ2n) is 4.53. The van der Waals surface area contributed by atoms with Gasteiger partial charge in [-0.05, 0) is 16.0 Å². The van der Waals surface area contributed by atoms with Crippen molar-refractivity contribution in [3.05, 3.63) is 28.6 Å². The van der Waals surface area contributed by atoms with Gasteiger partial charge in [0.15, 0.2) is 0 Å². The first kappa shape index (κ1) is 13.2. The zero-order valence-electron chi connectivity index (χ0n) is 10.8. The molecule has 1 aliphatic heterocycles. The fraction of sp³-hybridized carbons (Fsp3) is 0.538. The van der Waals surface area contributed by atoms with Gasteiger partial charge in [-0.25, -0.2) is 0 Å². The molecule has 1 N–H and O–H groups in total. The van der Waals surface area contributed by atoms with Crippen LogP contribution in [0.25, 0.3) is 0 Å². The van der Waals surface area contributed by atoms with Gasteiger partial charge in [-0.3, -0.25) is 0 Å². The van der Waals surface area contributed by atoms with Gasteiger partial charge in [0.1, 0.15) is 5.37 Å². The number of hydrogen-bond donors (Lipinski definition) is 1. The lowest BCUT2D eigenvalue weighted by Crippen LogP contribution is -2.43. The van der Waals surface area contributed by atoms with E-state index < -0.39 is 8.07 Å². The van der Waals surface area contributed by atoms with E-state index in [2.05, 4.69) is 49.8 Å². The molecule has 0 radical (unpaired) electrons. The van der Waals surface area contributed by atoms with Crippen LogP contribution < -0.4 is 9.82 Å². The highest BCUT2D eigenvalue weighted by atomic mass is 32.2. The van der Waals surface area contributed by atoms with Crippen molar-refractivity contribution in [1.82, 2.24) is 5.32 Å². The predicted molar refractivity (Wildman–Crippen MR) is 83.8 cm³/mol. The summed E-state index contributed by atoms with van der Waals surface area (Å²) in [7, 11) is -1.16. The highest BCUT2D eigenvalue weighted by Gasteiger charge is 2.31. The molecule has 1 atom stereocenters. The smallest absolute Gasteiger partial charge is 0.111 e. The molecule has 17 heavy (non-hydrogen) atoms. The summed E-state index contributed by atoms with van der Waals surface area (Å²) >= 11 is 3.93. The Labute approximate surface area is 114 Å². The maximum atomic E-state index is 3.40. The zero-order valence-corrected chi connectivity index (χ0v) is 13.5. The van der Waals surface area contributed by atoms with E-state index in [0.717, 1.165) is 0 Å². The molecule has 2 heterocycles. The highest BCUT2D eigenvalue weighted by molar-refractivity contribution is 8.02. The number of thiophene rings is 1. The van der Waals surface area contributed by atoms with Gasteiger partial charge >= 0.3 is 0 Å². The van der Waals surface area contributed by atoms with Crippen molar-refractivity contribution in [3.63, 3.8) is 0 Å². The van der Waals surface area contributed by atoms with Crippen LogP contribution in [-0.4, -0.2) is 8.07 Å². The Bertz CT molecular complexity index is 380. The van der Waals surface area contributed by atoms with Crippen molar-refractivity contribution in [2.24, 2.45) is 0 Å². The fourth-order valence-corrected chi connectivity index (χ4v) is 9.68. The van der Waals surface area contributed by atoms with Crippen LogP contribution in [0.5, 0.6) is 0 Å². The van der Waals surface area contributed by atoms with Gasteiger partial charge < -0.3 is 5.32 Å². The lowest BCUT2D eigenvalue weighted by molar-refractivity contribution is 0.879. The van der Waals surface area contributed by atoms with E-state index in [0.29, 0.717) is 5.37 Å². The normalized spacial score (nSPS) is 19.6. The molecular formula is C13H21NS2Si. The molecule has 1 nitrogen and oxygen atoms in total. The van der Waals surface area contributed by atoms with Crippen LogP contribution in [0.2, 0.25) is 18.1 Å². The van der Waals surface area contributed by atoms with E-state index in [1.807, 2.05) is 23.1 Å². The van der Waals surface area contributed by atoms with Crippen LogP contribution in [0.3, 0.4) is 0 Å². The van der Waals surface area contributed by atoms with Crippen LogP contribution in [0.4, 0.5) is 0 Å². The van der Waals surface area contributed by atoms with Crippen LogP contribution in [0.1, 0.15) is 31.0 Å². The Morgan fingerprint density at radius 2 is 1.88 bits per heavy atom. The van der Waals surface area contributed by atoms with Crippen molar-refractivity contribution in [1.29, 1.82) is 0 Å². The minimum absolute atomic E-state index is 0.464. The van der Waals surface area contributed by atoms with Gasteiger partial charge in [-0.15, -0.1) is 23.1 Å². The first-order valence-electron chi connectivity index (χ1n) is 6.42. The molecule has 2 rings (SSSR count). The number of rotatable bonds is 5. The first-order valence-corrected chi connectivity index (χ1v) is 10.8. The predicted octanol–water partition coefficient (Wildman–Crippen LogP) is 4.27. The lowest BCUT2D eigenvalue weighted by Gasteiger charge is -2.26. The third kappa shape index (κ3) is 2.49. The third-order valence-corrected chi connectivity index (χ3v) is 12.9. The van der Waals surface area contributed by atoms with Crippen LogP contribution in [-0.2, 0) is 0 Å². The molecule has 0 aromatic carbocycles. The summed E-state index contributed by atoms with van der Waals surface area (Å²) in [5.41, 5.74) is 0. The van der Waals surface area contributed by atoms with Crippen LogP contribution in [0, 0.1) is 0 Å². The first-order chi connectivity index (χ1) is 8.25. The Morgan fingerprint density at radius 3 is 2.41 bits per heavy atom. The lowest BCUT2D eigenvalue weighted by atomic mass is 10.4. The molecule has 0 saturated heterocycles. The van der Waals surface area contributed by atoms with Crippen LogP contribution in [0.15, 0.2) is 23.7 Å². The van der Waals surface area contributed by atoms with Gasteiger partial charge in [0.25, 0.3) is 0 Å². The Balaban J connectivity index is 2.21. The monoisotopic (exact) mass is 283 g/mol. The van der Waals surface area contributed by atoms with E-state index in [1.165, 1.54) is 23.0 Å². The minimum Gasteiger partial charge on any atom is -0.374 e. The summed E-state index contributed by atoms with van der Waals surface area (Å²) in [5, 5.41) is 6.01. The Hall–Kier alpha value is -0.193. The van der Waals surface area contributed by atoms with Gasteiger partial charge in [0.05, 0.1) is 8.07 Å². The quantitative estimate of drug-likeness (QED) is 0.810. The maximum Gasteiger partial charge on any atom is 0.111 e. The molecule has 1 unspecified atom stereocenters. The van der Waals surface area contributed by atoms with E-state index in [4.69, 9.17) is 0 Å². The molecule has 0 bridgehead atoms. The van der Waals surface area contributed by atoms with Gasteiger partial charge in [-0.1, -0.05) is 45.0 Å².